The summed E-state index contributed by atoms with van der Waals surface area (Å²) in [6.07, 6.45) is 1.48. The smallest absolute Gasteiger partial charge is 0.185 e. The highest BCUT2D eigenvalue weighted by Gasteiger charge is 2.19. The van der Waals surface area contributed by atoms with Crippen LogP contribution < -0.4 is 22.9 Å². The van der Waals surface area contributed by atoms with E-state index in [1.54, 1.807) is 0 Å². The molecular weight excluding hydrogens is 260 g/mol. The predicted molar refractivity (Wildman–Crippen MR) is 76.1 cm³/mol. The number of anilines is 2. The van der Waals surface area contributed by atoms with Gasteiger partial charge in [-0.2, -0.15) is 0 Å². The van der Waals surface area contributed by atoms with Gasteiger partial charge in [0.2, 0.25) is 0 Å². The van der Waals surface area contributed by atoms with Crippen LogP contribution in [0.3, 0.4) is 0 Å². The first-order chi connectivity index (χ1) is 9.51. The second-order valence-electron chi connectivity index (χ2n) is 4.32. The van der Waals surface area contributed by atoms with Crippen molar-refractivity contribution in [2.24, 2.45) is 11.5 Å². The second-order valence-corrected chi connectivity index (χ2v) is 4.32. The van der Waals surface area contributed by atoms with Crippen molar-refractivity contribution in [1.29, 1.82) is 0 Å². The fourth-order valence-electron chi connectivity index (χ4n) is 1.63. The zero-order valence-corrected chi connectivity index (χ0v) is 11.3. The topological polar surface area (TPSA) is 164 Å². The molecule has 1 heterocycles. The number of aromatic nitrogens is 2. The molecule has 0 saturated carbocycles. The summed E-state index contributed by atoms with van der Waals surface area (Å²) in [7, 11) is 0. The number of ketones is 2. The molecule has 20 heavy (non-hydrogen) atoms. The Morgan fingerprint density at radius 2 is 1.15 bits per heavy atom. The minimum absolute atomic E-state index is 0.00803. The summed E-state index contributed by atoms with van der Waals surface area (Å²) in [5.74, 6) is -0.740. The van der Waals surface area contributed by atoms with E-state index in [2.05, 4.69) is 9.97 Å². The first kappa shape index (κ1) is 16.0. The number of nitrogens with zero attached hydrogens (tertiary/aromatic N) is 2. The van der Waals surface area contributed by atoms with Crippen molar-refractivity contribution in [3.8, 4) is 0 Å². The zero-order chi connectivity index (χ0) is 15.1. The molecule has 8 N–H and O–H groups in total. The van der Waals surface area contributed by atoms with Crippen molar-refractivity contribution in [3.05, 3.63) is 11.4 Å². The van der Waals surface area contributed by atoms with Gasteiger partial charge in [-0.25, -0.2) is 9.97 Å². The number of carbonyl (C=O) groups is 2. The lowest BCUT2D eigenvalue weighted by atomic mass is 10.1. The van der Waals surface area contributed by atoms with Gasteiger partial charge in [-0.15, -0.1) is 0 Å². The van der Waals surface area contributed by atoms with E-state index in [-0.39, 0.29) is 47.4 Å². The molecular formula is C12H20N6O2. The van der Waals surface area contributed by atoms with Crippen LogP contribution >= 0.6 is 0 Å². The number of hydrogen-bond acceptors (Lipinski definition) is 8. The largest absolute Gasteiger partial charge is 0.382 e. The Balaban J connectivity index is 2.96. The van der Waals surface area contributed by atoms with Crippen molar-refractivity contribution < 1.29 is 9.59 Å². The molecule has 1 aromatic rings. The van der Waals surface area contributed by atoms with Gasteiger partial charge >= 0.3 is 0 Å². The molecule has 0 aliphatic carbocycles. The summed E-state index contributed by atoms with van der Waals surface area (Å²) in [4.78, 5) is 31.5. The third-order valence-electron chi connectivity index (χ3n) is 2.69. The Morgan fingerprint density at radius 1 is 0.800 bits per heavy atom. The minimum Gasteiger partial charge on any atom is -0.382 e. The van der Waals surface area contributed by atoms with Gasteiger partial charge in [0, 0.05) is 12.8 Å². The molecule has 0 radical (unpaired) electrons. The fourth-order valence-corrected chi connectivity index (χ4v) is 1.63. The van der Waals surface area contributed by atoms with Crippen LogP contribution in [0.5, 0.6) is 0 Å². The van der Waals surface area contributed by atoms with Gasteiger partial charge in [0.15, 0.2) is 34.6 Å². The SMILES string of the molecule is NCCCC(=O)c1nc(N)c(C(=O)CCCN)nc1N. The van der Waals surface area contributed by atoms with Crippen LogP contribution in [0.2, 0.25) is 0 Å². The van der Waals surface area contributed by atoms with Crippen LogP contribution in [-0.2, 0) is 0 Å². The Hall–Kier alpha value is -2.06. The van der Waals surface area contributed by atoms with Crippen LogP contribution in [0, 0.1) is 0 Å². The summed E-state index contributed by atoms with van der Waals surface area (Å²) in [5, 5.41) is 0. The van der Waals surface area contributed by atoms with Gasteiger partial charge in [0.1, 0.15) is 0 Å². The molecule has 0 spiro atoms. The molecule has 0 fully saturated rings. The summed E-state index contributed by atoms with van der Waals surface area (Å²) in [6.45, 7) is 0.786. The van der Waals surface area contributed by atoms with Crippen molar-refractivity contribution in [2.45, 2.75) is 25.7 Å². The lowest BCUT2D eigenvalue weighted by molar-refractivity contribution is 0.0963. The van der Waals surface area contributed by atoms with E-state index in [0.29, 0.717) is 25.9 Å². The average molecular weight is 280 g/mol. The van der Waals surface area contributed by atoms with Crippen molar-refractivity contribution >= 4 is 23.2 Å². The van der Waals surface area contributed by atoms with Crippen molar-refractivity contribution in [2.75, 3.05) is 24.6 Å². The van der Waals surface area contributed by atoms with Crippen LogP contribution in [0.25, 0.3) is 0 Å². The molecule has 0 saturated heterocycles. The number of rotatable bonds is 8. The van der Waals surface area contributed by atoms with E-state index in [4.69, 9.17) is 22.9 Å². The first-order valence-electron chi connectivity index (χ1n) is 6.40. The van der Waals surface area contributed by atoms with E-state index in [1.807, 2.05) is 0 Å². The molecule has 0 amide bonds. The lowest BCUT2D eigenvalue weighted by Crippen LogP contribution is -2.17. The van der Waals surface area contributed by atoms with Crippen molar-refractivity contribution in [1.82, 2.24) is 9.97 Å². The van der Waals surface area contributed by atoms with E-state index < -0.39 is 0 Å². The molecule has 8 heteroatoms. The number of carbonyl (C=O) groups excluding carboxylic acids is 2. The van der Waals surface area contributed by atoms with Gasteiger partial charge in [-0.3, -0.25) is 9.59 Å². The molecule has 1 rings (SSSR count). The molecule has 0 atom stereocenters. The average Bonchev–Trinajstić information content (AvgIpc) is 2.44. The fraction of sp³-hybridized carbons (Fsp3) is 0.500. The molecule has 0 aromatic carbocycles. The van der Waals surface area contributed by atoms with Gasteiger partial charge < -0.3 is 22.9 Å². The van der Waals surface area contributed by atoms with Gasteiger partial charge in [-0.1, -0.05) is 0 Å². The Labute approximate surface area is 116 Å². The van der Waals surface area contributed by atoms with Crippen LogP contribution in [0.15, 0.2) is 0 Å². The highest BCUT2D eigenvalue weighted by molar-refractivity contribution is 6.02. The third kappa shape index (κ3) is 3.97. The van der Waals surface area contributed by atoms with Gasteiger partial charge in [0.05, 0.1) is 0 Å². The maximum absolute atomic E-state index is 11.8. The van der Waals surface area contributed by atoms with E-state index >= 15 is 0 Å². The maximum atomic E-state index is 11.8. The monoisotopic (exact) mass is 280 g/mol. The highest BCUT2D eigenvalue weighted by Crippen LogP contribution is 2.17. The summed E-state index contributed by atoms with van der Waals surface area (Å²) >= 11 is 0. The van der Waals surface area contributed by atoms with Gasteiger partial charge in [0.25, 0.3) is 0 Å². The van der Waals surface area contributed by atoms with Crippen LogP contribution in [0.4, 0.5) is 11.6 Å². The second kappa shape index (κ2) is 7.51. The molecule has 110 valence electrons. The Bertz CT molecular complexity index is 457. The molecule has 8 nitrogen and oxygen atoms in total. The third-order valence-corrected chi connectivity index (χ3v) is 2.69. The molecule has 0 bridgehead atoms. The summed E-state index contributed by atoms with van der Waals surface area (Å²) in [6, 6.07) is 0. The molecule has 0 unspecified atom stereocenters. The van der Waals surface area contributed by atoms with Crippen LogP contribution in [-0.4, -0.2) is 34.6 Å². The Morgan fingerprint density at radius 3 is 1.45 bits per heavy atom. The quantitative estimate of drug-likeness (QED) is 0.462. The first-order valence-corrected chi connectivity index (χ1v) is 6.40. The standard InChI is InChI=1S/C12H20N6O2/c13-5-1-3-7(19)9-11(15)18-10(12(16)17-9)8(20)4-2-6-14/h1-6,13-14H2,(H2,16,17)(H2,15,18). The summed E-state index contributed by atoms with van der Waals surface area (Å²) in [5.41, 5.74) is 22.0. The van der Waals surface area contributed by atoms with Gasteiger partial charge in [-0.05, 0) is 25.9 Å². The molecule has 0 aliphatic rings. The van der Waals surface area contributed by atoms with E-state index in [0.717, 1.165) is 0 Å². The normalized spacial score (nSPS) is 10.5. The number of hydrogen-bond donors (Lipinski definition) is 4. The molecule has 1 aromatic heterocycles. The maximum Gasteiger partial charge on any atom is 0.185 e. The molecule has 0 aliphatic heterocycles. The number of nitrogens with two attached hydrogens (primary N) is 4. The predicted octanol–water partition coefficient (Wildman–Crippen LogP) is -0.516. The van der Waals surface area contributed by atoms with Crippen molar-refractivity contribution in [3.63, 3.8) is 0 Å². The highest BCUT2D eigenvalue weighted by atomic mass is 16.1. The Kier molecular flexibility index (Phi) is 6.01. The number of nitrogen functional groups attached to an aromatic ring is 2. The summed E-state index contributed by atoms with van der Waals surface area (Å²) < 4.78 is 0. The van der Waals surface area contributed by atoms with E-state index in [1.165, 1.54) is 0 Å². The lowest BCUT2D eigenvalue weighted by Gasteiger charge is -2.08. The number of Topliss-reactive ketones (excluding diaryl/α,β-unsaturated/α-hetero) is 2. The van der Waals surface area contributed by atoms with Crippen LogP contribution in [0.1, 0.15) is 46.7 Å². The van der Waals surface area contributed by atoms with E-state index in [9.17, 15) is 9.59 Å². The zero-order valence-electron chi connectivity index (χ0n) is 11.3. The minimum atomic E-state index is -0.284.